The summed E-state index contributed by atoms with van der Waals surface area (Å²) in [5.74, 6) is 0. The van der Waals surface area contributed by atoms with E-state index in [0.29, 0.717) is 5.49 Å². The van der Waals surface area contributed by atoms with Crippen molar-refractivity contribution >= 4 is 45.9 Å². The van der Waals surface area contributed by atoms with E-state index in [1.807, 2.05) is 30.5 Å². The van der Waals surface area contributed by atoms with Gasteiger partial charge in [0.15, 0.2) is 0 Å². The number of fused-ring (bicyclic) bond motifs is 2. The number of alkyl halides is 1. The van der Waals surface area contributed by atoms with Crippen molar-refractivity contribution in [3.63, 3.8) is 0 Å². The topological polar surface area (TPSA) is 41.2 Å². The Balaban J connectivity index is 2.44. The number of hydrogen-bond donors (Lipinski definition) is 1. The highest BCUT2D eigenvalue weighted by molar-refractivity contribution is 14.1. The van der Waals surface area contributed by atoms with Crippen LogP contribution >= 0.6 is 34.2 Å². The Labute approximate surface area is 117 Å². The third-order valence-electron chi connectivity index (χ3n) is 2.83. The average molecular weight is 358 g/mol. The van der Waals surface area contributed by atoms with E-state index in [9.17, 15) is 0 Å². The lowest BCUT2D eigenvalue weighted by Gasteiger charge is -2.18. The number of rotatable bonds is 0. The Morgan fingerprint density at radius 3 is 3.12 bits per heavy atom. The zero-order chi connectivity index (χ0) is 12.0. The molecule has 86 valence electrons. The summed E-state index contributed by atoms with van der Waals surface area (Å²) >= 11 is 8.60. The molecule has 0 aliphatic heterocycles. The number of aromatic nitrogens is 2. The van der Waals surface area contributed by atoms with E-state index in [-0.39, 0.29) is 5.38 Å². The maximum absolute atomic E-state index is 8.22. The SMILES string of the molecule is N=c1c2c(nc3ccccn13)C=C(I)CC2Cl. The predicted octanol–water partition coefficient (Wildman–Crippen LogP) is 3.27. The summed E-state index contributed by atoms with van der Waals surface area (Å²) in [6.45, 7) is 0. The molecule has 0 aromatic carbocycles. The first-order valence-corrected chi connectivity index (χ1v) is 6.74. The maximum Gasteiger partial charge on any atom is 0.138 e. The average Bonchev–Trinajstić information content (AvgIpc) is 2.28. The van der Waals surface area contributed by atoms with E-state index in [4.69, 9.17) is 17.0 Å². The Bertz CT molecular complexity index is 690. The van der Waals surface area contributed by atoms with Crippen molar-refractivity contribution in [1.29, 1.82) is 5.41 Å². The lowest BCUT2D eigenvalue weighted by atomic mass is 10.0. The van der Waals surface area contributed by atoms with Gasteiger partial charge in [-0.2, -0.15) is 0 Å². The third kappa shape index (κ3) is 1.79. The monoisotopic (exact) mass is 357 g/mol. The fourth-order valence-corrected chi connectivity index (χ4v) is 3.43. The van der Waals surface area contributed by atoms with Gasteiger partial charge in [-0.05, 0) is 50.8 Å². The second-order valence-corrected chi connectivity index (χ2v) is 5.86. The number of pyridine rings is 1. The molecule has 1 aliphatic carbocycles. The van der Waals surface area contributed by atoms with E-state index in [0.717, 1.165) is 23.3 Å². The van der Waals surface area contributed by atoms with Crippen molar-refractivity contribution in [2.45, 2.75) is 11.8 Å². The van der Waals surface area contributed by atoms with Crippen molar-refractivity contribution in [1.82, 2.24) is 9.38 Å². The Kier molecular flexibility index (Phi) is 2.71. The molecule has 2 aromatic heterocycles. The van der Waals surface area contributed by atoms with Crippen LogP contribution in [0.15, 0.2) is 28.0 Å². The molecule has 3 nitrogen and oxygen atoms in total. The van der Waals surface area contributed by atoms with Gasteiger partial charge in [0.2, 0.25) is 0 Å². The molecule has 1 N–H and O–H groups in total. The molecular formula is C12H9ClIN3. The van der Waals surface area contributed by atoms with Crippen LogP contribution in [0.1, 0.15) is 23.1 Å². The van der Waals surface area contributed by atoms with Gasteiger partial charge in [-0.1, -0.05) is 6.07 Å². The van der Waals surface area contributed by atoms with E-state index in [1.54, 1.807) is 4.40 Å². The summed E-state index contributed by atoms with van der Waals surface area (Å²) in [7, 11) is 0. The van der Waals surface area contributed by atoms with Crippen molar-refractivity contribution in [3.05, 3.63) is 44.7 Å². The van der Waals surface area contributed by atoms with Crippen LogP contribution in [-0.4, -0.2) is 9.38 Å². The van der Waals surface area contributed by atoms with Gasteiger partial charge in [0.05, 0.1) is 11.1 Å². The molecule has 0 fully saturated rings. The van der Waals surface area contributed by atoms with Crippen LogP contribution in [0.2, 0.25) is 0 Å². The van der Waals surface area contributed by atoms with Crippen molar-refractivity contribution in [3.8, 4) is 0 Å². The molecule has 0 saturated carbocycles. The summed E-state index contributed by atoms with van der Waals surface area (Å²) in [5.41, 5.74) is 2.88. The Hall–Kier alpha value is -0.880. The standard InChI is InChI=1S/C12H9ClIN3/c13-8-5-7(14)6-9-11(8)12(15)17-4-2-1-3-10(17)16-9/h1-4,6,8,15H,5H2. The van der Waals surface area contributed by atoms with Crippen LogP contribution in [0.3, 0.4) is 0 Å². The molecule has 1 atom stereocenters. The van der Waals surface area contributed by atoms with Gasteiger partial charge in [0.25, 0.3) is 0 Å². The highest BCUT2D eigenvalue weighted by Gasteiger charge is 2.22. The largest absolute Gasteiger partial charge is 0.286 e. The van der Waals surface area contributed by atoms with Gasteiger partial charge in [-0.3, -0.25) is 9.81 Å². The van der Waals surface area contributed by atoms with Crippen molar-refractivity contribution < 1.29 is 0 Å². The summed E-state index contributed by atoms with van der Waals surface area (Å²) in [4.78, 5) is 4.55. The van der Waals surface area contributed by atoms with Crippen molar-refractivity contribution in [2.75, 3.05) is 0 Å². The minimum Gasteiger partial charge on any atom is -0.286 e. The molecule has 0 amide bonds. The predicted molar refractivity (Wildman–Crippen MR) is 76.3 cm³/mol. The van der Waals surface area contributed by atoms with E-state index in [2.05, 4.69) is 27.6 Å². The molecule has 1 aliphatic rings. The molecule has 5 heteroatoms. The molecule has 2 aromatic rings. The zero-order valence-corrected chi connectivity index (χ0v) is 11.7. The Morgan fingerprint density at radius 2 is 2.29 bits per heavy atom. The molecule has 0 radical (unpaired) electrons. The molecule has 0 spiro atoms. The lowest BCUT2D eigenvalue weighted by Crippen LogP contribution is -2.24. The smallest absolute Gasteiger partial charge is 0.138 e. The van der Waals surface area contributed by atoms with Crippen LogP contribution in [0.25, 0.3) is 11.7 Å². The lowest BCUT2D eigenvalue weighted by molar-refractivity contribution is 0.839. The van der Waals surface area contributed by atoms with Gasteiger partial charge < -0.3 is 0 Å². The summed E-state index contributed by atoms with van der Waals surface area (Å²) in [5, 5.41) is 8.07. The van der Waals surface area contributed by atoms with Gasteiger partial charge in [0, 0.05) is 11.8 Å². The van der Waals surface area contributed by atoms with Crippen LogP contribution in [0.4, 0.5) is 0 Å². The van der Waals surface area contributed by atoms with Crippen LogP contribution < -0.4 is 5.49 Å². The fourth-order valence-electron chi connectivity index (χ4n) is 2.05. The maximum atomic E-state index is 8.22. The first kappa shape index (κ1) is 11.2. The number of allylic oxidation sites excluding steroid dienone is 1. The van der Waals surface area contributed by atoms with E-state index < -0.39 is 0 Å². The van der Waals surface area contributed by atoms with E-state index >= 15 is 0 Å². The molecular weight excluding hydrogens is 349 g/mol. The highest BCUT2D eigenvalue weighted by Crippen LogP contribution is 2.36. The molecule has 2 heterocycles. The number of nitrogens with zero attached hydrogens (tertiary/aromatic N) is 2. The summed E-state index contributed by atoms with van der Waals surface area (Å²) in [6.07, 6.45) is 4.64. The minimum absolute atomic E-state index is 0.154. The zero-order valence-electron chi connectivity index (χ0n) is 8.82. The fraction of sp³-hybridized carbons (Fsp3) is 0.167. The quantitative estimate of drug-likeness (QED) is 0.570. The number of nitrogens with one attached hydrogen (secondary N) is 1. The first-order chi connectivity index (χ1) is 8.16. The van der Waals surface area contributed by atoms with Crippen LogP contribution in [0.5, 0.6) is 0 Å². The first-order valence-electron chi connectivity index (χ1n) is 5.23. The Morgan fingerprint density at radius 1 is 1.47 bits per heavy atom. The number of halogens is 2. The van der Waals surface area contributed by atoms with E-state index in [1.165, 1.54) is 3.58 Å². The summed E-state index contributed by atoms with van der Waals surface area (Å²) < 4.78 is 2.95. The molecule has 17 heavy (non-hydrogen) atoms. The van der Waals surface area contributed by atoms with Gasteiger partial charge in [-0.15, -0.1) is 11.6 Å². The summed E-state index contributed by atoms with van der Waals surface area (Å²) in [6, 6.07) is 5.71. The number of hydrogen-bond acceptors (Lipinski definition) is 2. The molecule has 1 unspecified atom stereocenters. The van der Waals surface area contributed by atoms with Crippen LogP contribution in [-0.2, 0) is 0 Å². The van der Waals surface area contributed by atoms with Crippen molar-refractivity contribution in [2.24, 2.45) is 0 Å². The molecule has 0 bridgehead atoms. The highest BCUT2D eigenvalue weighted by atomic mass is 127. The van der Waals surface area contributed by atoms with Crippen LogP contribution in [0, 0.1) is 5.41 Å². The second-order valence-electron chi connectivity index (χ2n) is 3.95. The normalized spacial score (nSPS) is 18.9. The van der Waals surface area contributed by atoms with Gasteiger partial charge in [0.1, 0.15) is 11.1 Å². The minimum atomic E-state index is -0.154. The van der Waals surface area contributed by atoms with Gasteiger partial charge >= 0.3 is 0 Å². The third-order valence-corrected chi connectivity index (χ3v) is 3.95. The molecule has 3 rings (SSSR count). The molecule has 0 saturated heterocycles. The second kappa shape index (κ2) is 4.10. The van der Waals surface area contributed by atoms with Gasteiger partial charge in [-0.25, -0.2) is 4.98 Å².